The quantitative estimate of drug-likeness (QED) is 0.695. The maximum atomic E-state index is 5.66. The van der Waals surface area contributed by atoms with Crippen LogP contribution in [0.4, 0.5) is 0 Å². The van der Waals surface area contributed by atoms with E-state index in [4.69, 9.17) is 6.42 Å². The highest BCUT2D eigenvalue weighted by Crippen LogP contribution is 2.21. The van der Waals surface area contributed by atoms with Crippen molar-refractivity contribution in [3.8, 4) is 12.3 Å². The van der Waals surface area contributed by atoms with Crippen LogP contribution in [-0.2, 0) is 12.8 Å². The first-order chi connectivity index (χ1) is 8.62. The van der Waals surface area contributed by atoms with Crippen LogP contribution >= 0.6 is 0 Å². The summed E-state index contributed by atoms with van der Waals surface area (Å²) in [6.07, 6.45) is 8.89. The molecule has 0 spiro atoms. The van der Waals surface area contributed by atoms with Crippen molar-refractivity contribution in [1.29, 1.82) is 0 Å². The topological polar surface area (TPSA) is 0 Å². The van der Waals surface area contributed by atoms with E-state index in [2.05, 4.69) is 45.7 Å². The van der Waals surface area contributed by atoms with Crippen LogP contribution in [0.25, 0.3) is 11.1 Å². The number of fused-ring (bicyclic) bond motifs is 1. The third kappa shape index (κ3) is 1.99. The van der Waals surface area contributed by atoms with Gasteiger partial charge in [-0.25, -0.2) is 0 Å². The molecule has 0 aromatic heterocycles. The smallest absolute Gasteiger partial charge is 0.0452 e. The van der Waals surface area contributed by atoms with Crippen molar-refractivity contribution in [3.05, 3.63) is 33.7 Å². The SMILES string of the molecule is C#CC1CC(C)=c2cc(CC)c(CC)cc2=C1C. The van der Waals surface area contributed by atoms with Gasteiger partial charge in [-0.05, 0) is 54.7 Å². The van der Waals surface area contributed by atoms with Crippen LogP contribution in [0.15, 0.2) is 12.1 Å². The average Bonchev–Trinajstić information content (AvgIpc) is 2.41. The fourth-order valence-electron chi connectivity index (χ4n) is 2.97. The molecule has 0 aliphatic heterocycles. The van der Waals surface area contributed by atoms with Gasteiger partial charge in [0.25, 0.3) is 0 Å². The highest BCUT2D eigenvalue weighted by Gasteiger charge is 2.16. The second-order valence-electron chi connectivity index (χ2n) is 5.26. The fraction of sp³-hybridized carbons (Fsp3) is 0.444. The van der Waals surface area contributed by atoms with E-state index in [1.807, 2.05) is 0 Å². The number of hydrogen-bond acceptors (Lipinski definition) is 0. The van der Waals surface area contributed by atoms with E-state index in [-0.39, 0.29) is 5.92 Å². The summed E-state index contributed by atoms with van der Waals surface area (Å²) in [5.74, 6) is 3.22. The maximum Gasteiger partial charge on any atom is 0.0452 e. The predicted octanol–water partition coefficient (Wildman–Crippen LogP) is 2.81. The molecule has 1 aliphatic carbocycles. The van der Waals surface area contributed by atoms with E-state index in [9.17, 15) is 0 Å². The Balaban J connectivity index is 2.85. The van der Waals surface area contributed by atoms with Crippen LogP contribution in [0.5, 0.6) is 0 Å². The highest BCUT2D eigenvalue weighted by molar-refractivity contribution is 5.61. The Morgan fingerprint density at radius 2 is 1.67 bits per heavy atom. The molecule has 0 heterocycles. The Morgan fingerprint density at radius 1 is 1.11 bits per heavy atom. The number of terminal acetylenes is 1. The molecule has 0 fully saturated rings. The van der Waals surface area contributed by atoms with Crippen LogP contribution in [-0.4, -0.2) is 0 Å². The van der Waals surface area contributed by atoms with Crippen molar-refractivity contribution in [3.63, 3.8) is 0 Å². The lowest BCUT2D eigenvalue weighted by atomic mass is 9.84. The Hall–Kier alpha value is -1.48. The molecule has 94 valence electrons. The molecule has 0 bridgehead atoms. The Labute approximate surface area is 110 Å². The molecule has 0 saturated heterocycles. The third-order valence-electron chi connectivity index (χ3n) is 4.22. The lowest BCUT2D eigenvalue weighted by Gasteiger charge is -2.20. The Morgan fingerprint density at radius 3 is 2.17 bits per heavy atom. The molecule has 0 radical (unpaired) electrons. The molecule has 0 N–H and O–H groups in total. The van der Waals surface area contributed by atoms with Crippen LogP contribution in [0.2, 0.25) is 0 Å². The monoisotopic (exact) mass is 238 g/mol. The molecule has 0 saturated carbocycles. The Bertz CT molecular complexity index is 623. The number of benzene rings is 1. The Kier molecular flexibility index (Phi) is 3.62. The normalized spacial score (nSPS) is 18.5. The standard InChI is InChI=1S/C18H22/c1-6-14-9-12(4)17-10-15(7-2)16(8-3)11-18(17)13(14)5/h1,10-11,14H,7-9H2,2-5H3. The summed E-state index contributed by atoms with van der Waals surface area (Å²) >= 11 is 0. The van der Waals surface area contributed by atoms with Crippen LogP contribution in [0, 0.1) is 18.3 Å². The second-order valence-corrected chi connectivity index (χ2v) is 5.26. The van der Waals surface area contributed by atoms with Gasteiger partial charge in [0.15, 0.2) is 0 Å². The van der Waals surface area contributed by atoms with Gasteiger partial charge in [-0.2, -0.15) is 0 Å². The van der Waals surface area contributed by atoms with Gasteiger partial charge >= 0.3 is 0 Å². The van der Waals surface area contributed by atoms with Crippen molar-refractivity contribution in [1.82, 2.24) is 0 Å². The first kappa shape index (κ1) is 13.0. The minimum atomic E-state index is 0.287. The molecular weight excluding hydrogens is 216 g/mol. The highest BCUT2D eigenvalue weighted by atomic mass is 14.2. The van der Waals surface area contributed by atoms with Crippen LogP contribution in [0.1, 0.15) is 45.2 Å². The van der Waals surface area contributed by atoms with E-state index in [1.165, 1.54) is 32.7 Å². The van der Waals surface area contributed by atoms with Gasteiger partial charge in [0.05, 0.1) is 0 Å². The fourth-order valence-corrected chi connectivity index (χ4v) is 2.97. The minimum Gasteiger partial charge on any atom is -0.119 e. The van der Waals surface area contributed by atoms with E-state index in [0.717, 1.165) is 19.3 Å². The van der Waals surface area contributed by atoms with E-state index in [0.29, 0.717) is 0 Å². The zero-order valence-corrected chi connectivity index (χ0v) is 11.9. The first-order valence-corrected chi connectivity index (χ1v) is 6.90. The molecule has 1 aromatic carbocycles. The molecule has 1 aromatic rings. The number of hydrogen-bond donors (Lipinski definition) is 0. The third-order valence-corrected chi connectivity index (χ3v) is 4.22. The van der Waals surface area contributed by atoms with Crippen molar-refractivity contribution >= 4 is 11.1 Å². The molecule has 1 atom stereocenters. The first-order valence-electron chi connectivity index (χ1n) is 6.90. The van der Waals surface area contributed by atoms with Gasteiger partial charge in [-0.15, -0.1) is 6.42 Å². The van der Waals surface area contributed by atoms with Gasteiger partial charge in [0, 0.05) is 5.92 Å². The largest absolute Gasteiger partial charge is 0.119 e. The molecule has 0 amide bonds. The lowest BCUT2D eigenvalue weighted by Crippen LogP contribution is -2.35. The van der Waals surface area contributed by atoms with E-state index in [1.54, 1.807) is 0 Å². The van der Waals surface area contributed by atoms with Crippen LogP contribution in [0.3, 0.4) is 0 Å². The van der Waals surface area contributed by atoms with E-state index < -0.39 is 0 Å². The molecule has 1 aliphatic rings. The number of rotatable bonds is 2. The summed E-state index contributed by atoms with van der Waals surface area (Å²) in [5.41, 5.74) is 5.77. The van der Waals surface area contributed by atoms with Gasteiger partial charge in [0.2, 0.25) is 0 Å². The van der Waals surface area contributed by atoms with Crippen molar-refractivity contribution in [2.75, 3.05) is 0 Å². The van der Waals surface area contributed by atoms with Gasteiger partial charge < -0.3 is 0 Å². The predicted molar refractivity (Wildman–Crippen MR) is 79.6 cm³/mol. The van der Waals surface area contributed by atoms with Crippen molar-refractivity contribution < 1.29 is 0 Å². The summed E-state index contributed by atoms with van der Waals surface area (Å²) in [4.78, 5) is 0. The summed E-state index contributed by atoms with van der Waals surface area (Å²) in [6, 6.07) is 4.76. The van der Waals surface area contributed by atoms with E-state index >= 15 is 0 Å². The zero-order valence-electron chi connectivity index (χ0n) is 11.9. The number of aryl methyl sites for hydroxylation is 2. The second kappa shape index (κ2) is 5.02. The summed E-state index contributed by atoms with van der Waals surface area (Å²) in [5, 5.41) is 2.81. The zero-order chi connectivity index (χ0) is 13.3. The molecule has 18 heavy (non-hydrogen) atoms. The molecule has 0 heteroatoms. The molecule has 2 rings (SSSR count). The molecule has 1 unspecified atom stereocenters. The summed E-state index contributed by atoms with van der Waals surface area (Å²) in [7, 11) is 0. The summed E-state index contributed by atoms with van der Waals surface area (Å²) < 4.78 is 0. The average molecular weight is 238 g/mol. The molecular formula is C18H22. The maximum absolute atomic E-state index is 5.66. The van der Waals surface area contributed by atoms with Gasteiger partial charge in [-0.3, -0.25) is 0 Å². The summed E-state index contributed by atoms with van der Waals surface area (Å²) in [6.45, 7) is 8.88. The van der Waals surface area contributed by atoms with Gasteiger partial charge in [-0.1, -0.05) is 43.0 Å². The minimum absolute atomic E-state index is 0.287. The molecule has 0 nitrogen and oxygen atoms in total. The lowest BCUT2D eigenvalue weighted by molar-refractivity contribution is 0.857. The van der Waals surface area contributed by atoms with Crippen LogP contribution < -0.4 is 10.4 Å². The van der Waals surface area contributed by atoms with Gasteiger partial charge in [0.1, 0.15) is 0 Å². The van der Waals surface area contributed by atoms with Crippen molar-refractivity contribution in [2.45, 2.75) is 47.0 Å². The van der Waals surface area contributed by atoms with Crippen molar-refractivity contribution in [2.24, 2.45) is 5.92 Å².